The summed E-state index contributed by atoms with van der Waals surface area (Å²) in [5.74, 6) is 0. The molecule has 1 aromatic rings. The van der Waals surface area contributed by atoms with Crippen LogP contribution in [0.3, 0.4) is 0 Å². The van der Waals surface area contributed by atoms with Gasteiger partial charge in [-0.2, -0.15) is 12.1 Å². The quantitative estimate of drug-likeness (QED) is 0.474. The zero-order chi connectivity index (χ0) is 7.11. The van der Waals surface area contributed by atoms with Crippen molar-refractivity contribution in [3.05, 3.63) is 22.4 Å². The van der Waals surface area contributed by atoms with Gasteiger partial charge in [-0.25, -0.2) is 5.26 Å². The number of thiophene rings is 1. The Morgan fingerprint density at radius 3 is 2.67 bits per heavy atom. The minimum absolute atomic E-state index is 0.722. The molecule has 1 heterocycles. The average molecular weight is 209 g/mol. The molecule has 0 aromatic carbocycles. The van der Waals surface area contributed by atoms with Crippen molar-refractivity contribution in [3.63, 3.8) is 0 Å². The molecule has 0 radical (unpaired) electrons. The van der Waals surface area contributed by atoms with Crippen LogP contribution >= 0.6 is 21.0 Å². The van der Waals surface area contributed by atoms with E-state index < -0.39 is 0 Å². The zero-order valence-corrected chi connectivity index (χ0v) is 9.13. The summed E-state index contributed by atoms with van der Waals surface area (Å²) >= 11 is 2.18. The van der Waals surface area contributed by atoms with E-state index in [1.807, 2.05) is 6.07 Å². The summed E-state index contributed by atoms with van der Waals surface area (Å²) in [4.78, 5) is 0.722. The normalized spacial score (nSPS) is 6.89. The molecule has 0 aliphatic rings. The summed E-state index contributed by atoms with van der Waals surface area (Å²) in [7, 11) is 4.76. The molecule has 0 unspecified atom stereocenters. The molecule has 4 heteroatoms. The Bertz CT molecular complexity index is 179. The summed E-state index contributed by atoms with van der Waals surface area (Å²) in [5, 5.41) is 11.0. The SMILES string of the molecule is N#Cc1cc[c-]s1.[Cl][Zn+]. The second-order valence-corrected chi connectivity index (χ2v) is 1.91. The third-order valence-corrected chi connectivity index (χ3v) is 1.28. The molecule has 0 atom stereocenters. The van der Waals surface area contributed by atoms with E-state index in [-0.39, 0.29) is 0 Å². The van der Waals surface area contributed by atoms with Crippen LogP contribution in [0.1, 0.15) is 4.88 Å². The standard InChI is InChI=1S/C5H2NS.ClH.Zn/c6-4-5-2-1-3-7-5;;/h1-2H;1H;/q-1;;+2/p-1. The van der Waals surface area contributed by atoms with Crippen molar-refractivity contribution >= 4 is 21.0 Å². The number of halogens is 1. The average Bonchev–Trinajstić information content (AvgIpc) is 2.43. The summed E-state index contributed by atoms with van der Waals surface area (Å²) in [6, 6.07) is 5.47. The van der Waals surface area contributed by atoms with Gasteiger partial charge in [0.25, 0.3) is 0 Å². The summed E-state index contributed by atoms with van der Waals surface area (Å²) < 4.78 is 0. The van der Waals surface area contributed by atoms with Crippen LogP contribution in [-0.4, -0.2) is 0 Å². The fraction of sp³-hybridized carbons (Fsp3) is 0. The van der Waals surface area contributed by atoms with Gasteiger partial charge in [0.1, 0.15) is 0 Å². The molecule has 42 valence electrons. The van der Waals surface area contributed by atoms with Crippen molar-refractivity contribution < 1.29 is 17.3 Å². The second-order valence-electron chi connectivity index (χ2n) is 1.03. The summed E-state index contributed by atoms with van der Waals surface area (Å²) in [6.45, 7) is 0. The number of hydrogen-bond donors (Lipinski definition) is 0. The molecular weight excluding hydrogens is 207 g/mol. The fourth-order valence-electron chi connectivity index (χ4n) is 0.301. The Labute approximate surface area is 72.0 Å². The molecule has 1 nitrogen and oxygen atoms in total. The van der Waals surface area contributed by atoms with E-state index in [1.165, 1.54) is 11.3 Å². The van der Waals surface area contributed by atoms with E-state index in [1.54, 1.807) is 12.1 Å². The van der Waals surface area contributed by atoms with Gasteiger partial charge in [-0.3, -0.25) is 11.3 Å². The molecule has 0 aliphatic heterocycles. The van der Waals surface area contributed by atoms with Gasteiger partial charge < -0.3 is 0 Å². The van der Waals surface area contributed by atoms with E-state index in [0.717, 1.165) is 22.2 Å². The van der Waals surface area contributed by atoms with Gasteiger partial charge in [-0.15, -0.1) is 5.38 Å². The molecule has 0 amide bonds. The first-order valence-electron chi connectivity index (χ1n) is 2.06. The van der Waals surface area contributed by atoms with Crippen LogP contribution in [0.4, 0.5) is 0 Å². The molecule has 0 fully saturated rings. The summed E-state index contributed by atoms with van der Waals surface area (Å²) in [6.07, 6.45) is 0. The molecule has 0 saturated heterocycles. The predicted molar refractivity (Wildman–Crippen MR) is 33.7 cm³/mol. The summed E-state index contributed by atoms with van der Waals surface area (Å²) in [5.41, 5.74) is 0. The molecule has 0 spiro atoms. The van der Waals surface area contributed by atoms with Crippen molar-refractivity contribution in [1.82, 2.24) is 0 Å². The van der Waals surface area contributed by atoms with Gasteiger partial charge in [0.05, 0.1) is 0 Å². The Hall–Kier alpha value is 0.103. The number of nitriles is 1. The molecular formula is C5H2ClNSZn. The van der Waals surface area contributed by atoms with Crippen LogP contribution in [0.25, 0.3) is 0 Å². The van der Waals surface area contributed by atoms with E-state index in [0.29, 0.717) is 0 Å². The maximum atomic E-state index is 8.17. The zero-order valence-electron chi connectivity index (χ0n) is 4.60. The van der Waals surface area contributed by atoms with Gasteiger partial charge in [0, 0.05) is 6.07 Å². The van der Waals surface area contributed by atoms with Crippen LogP contribution in [0.2, 0.25) is 0 Å². The third kappa shape index (κ3) is 3.64. The molecule has 0 N–H and O–H groups in total. The van der Waals surface area contributed by atoms with E-state index in [4.69, 9.17) is 15.0 Å². The monoisotopic (exact) mass is 207 g/mol. The van der Waals surface area contributed by atoms with Crippen LogP contribution in [-0.2, 0) is 17.3 Å². The van der Waals surface area contributed by atoms with E-state index in [2.05, 4.69) is 5.38 Å². The number of hydrogen-bond acceptors (Lipinski definition) is 2. The van der Waals surface area contributed by atoms with Crippen molar-refractivity contribution in [3.8, 4) is 6.07 Å². The Kier molecular flexibility index (Phi) is 6.30. The molecule has 9 heavy (non-hydrogen) atoms. The number of rotatable bonds is 0. The molecule has 0 bridgehead atoms. The van der Waals surface area contributed by atoms with Gasteiger partial charge in [-0.1, -0.05) is 0 Å². The second kappa shape index (κ2) is 6.23. The van der Waals surface area contributed by atoms with Crippen molar-refractivity contribution in [2.45, 2.75) is 0 Å². The van der Waals surface area contributed by atoms with Crippen LogP contribution in [0.5, 0.6) is 0 Å². The van der Waals surface area contributed by atoms with Crippen molar-refractivity contribution in [2.24, 2.45) is 0 Å². The van der Waals surface area contributed by atoms with Gasteiger partial charge in [-0.05, 0) is 4.88 Å². The number of nitrogens with zero attached hydrogens (tertiary/aromatic N) is 1. The van der Waals surface area contributed by atoms with E-state index in [9.17, 15) is 0 Å². The first kappa shape index (κ1) is 9.10. The van der Waals surface area contributed by atoms with Crippen LogP contribution in [0, 0.1) is 16.7 Å². The topological polar surface area (TPSA) is 23.8 Å². The molecule has 0 aliphatic carbocycles. The third-order valence-electron chi connectivity index (χ3n) is 0.582. The minimum atomic E-state index is 0.722. The molecule has 1 rings (SSSR count). The van der Waals surface area contributed by atoms with Crippen molar-refractivity contribution in [1.29, 1.82) is 5.26 Å². The van der Waals surface area contributed by atoms with E-state index >= 15 is 0 Å². The van der Waals surface area contributed by atoms with Crippen LogP contribution in [0.15, 0.2) is 12.1 Å². The maximum absolute atomic E-state index is 8.17. The Balaban J connectivity index is 0.000000291. The first-order valence-corrected chi connectivity index (χ1v) is 6.78. The Morgan fingerprint density at radius 1 is 1.78 bits per heavy atom. The Morgan fingerprint density at radius 2 is 2.44 bits per heavy atom. The van der Waals surface area contributed by atoms with Crippen LogP contribution < -0.4 is 0 Å². The van der Waals surface area contributed by atoms with Gasteiger partial charge >= 0.3 is 27.0 Å². The van der Waals surface area contributed by atoms with Crippen molar-refractivity contribution in [2.75, 3.05) is 0 Å². The molecule has 0 saturated carbocycles. The first-order chi connectivity index (χ1) is 4.43. The molecule has 1 aromatic heterocycles. The fourth-order valence-corrected chi connectivity index (χ4v) is 0.746. The predicted octanol–water partition coefficient (Wildman–Crippen LogP) is 2.11. The van der Waals surface area contributed by atoms with Gasteiger partial charge in [0.15, 0.2) is 0 Å². The van der Waals surface area contributed by atoms with Gasteiger partial charge in [0.2, 0.25) is 0 Å².